The monoisotopic (exact) mass is 588 g/mol. The summed E-state index contributed by atoms with van der Waals surface area (Å²) in [6.45, 7) is 16.2. The minimum atomic E-state index is -0.631. The lowest BCUT2D eigenvalue weighted by atomic mass is 9.71. The first-order valence-electron chi connectivity index (χ1n) is 15.6. The Morgan fingerprint density at radius 1 is 0.907 bits per heavy atom. The first-order valence-corrected chi connectivity index (χ1v) is 15.6. The molecule has 228 valence electrons. The second kappa shape index (κ2) is 11.9. The van der Waals surface area contributed by atoms with Crippen LogP contribution in [0, 0.1) is 24.0 Å². The van der Waals surface area contributed by atoms with E-state index in [0.29, 0.717) is 28.1 Å². The molecule has 0 aliphatic carbocycles. The maximum Gasteiger partial charge on any atom is 0.229 e. The highest BCUT2D eigenvalue weighted by atomic mass is 19.1. The summed E-state index contributed by atoms with van der Waals surface area (Å²) in [6, 6.07) is 7.33. The molecule has 5 heterocycles. The number of likely N-dealkylation sites (tertiary alicyclic amines) is 2. The van der Waals surface area contributed by atoms with Gasteiger partial charge in [-0.1, -0.05) is 13.0 Å². The van der Waals surface area contributed by atoms with Gasteiger partial charge in [-0.15, -0.1) is 0 Å². The molecule has 1 N–H and O–H groups in total. The van der Waals surface area contributed by atoms with Gasteiger partial charge in [-0.05, 0) is 115 Å². The van der Waals surface area contributed by atoms with E-state index in [9.17, 15) is 4.39 Å². The third kappa shape index (κ3) is 5.87. The normalized spacial score (nSPS) is 18.5. The molecule has 6 rings (SSSR count). The molecule has 2 aliphatic heterocycles. The first kappa shape index (κ1) is 29.6. The van der Waals surface area contributed by atoms with E-state index in [1.807, 2.05) is 37.6 Å². The number of halogens is 2. The first-order chi connectivity index (χ1) is 20.7. The van der Waals surface area contributed by atoms with E-state index >= 15 is 4.39 Å². The van der Waals surface area contributed by atoms with Crippen LogP contribution in [0.3, 0.4) is 0 Å². The molecule has 2 fully saturated rings. The number of nitrogens with one attached hydrogen (secondary N) is 1. The number of aromatic nitrogens is 5. The molecule has 1 aromatic carbocycles. The smallest absolute Gasteiger partial charge is 0.229 e. The predicted octanol–water partition coefficient (Wildman–Crippen LogP) is 7.06. The molecule has 1 spiro atoms. The molecule has 2 saturated heterocycles. The number of anilines is 2. The molecule has 4 aromatic rings. The molecule has 0 radical (unpaired) electrons. The van der Waals surface area contributed by atoms with Crippen LogP contribution in [0.4, 0.5) is 20.5 Å². The predicted molar refractivity (Wildman–Crippen MR) is 166 cm³/mol. The zero-order valence-corrected chi connectivity index (χ0v) is 25.9. The number of rotatable bonds is 7. The third-order valence-electron chi connectivity index (χ3n) is 9.74. The van der Waals surface area contributed by atoms with Crippen molar-refractivity contribution in [3.63, 3.8) is 0 Å². The Balaban J connectivity index is 1.14. The molecule has 2 aliphatic rings. The number of benzene rings is 1. The van der Waals surface area contributed by atoms with Gasteiger partial charge in [0.15, 0.2) is 11.6 Å². The van der Waals surface area contributed by atoms with Crippen molar-refractivity contribution in [1.82, 2.24) is 34.3 Å². The van der Waals surface area contributed by atoms with Crippen molar-refractivity contribution < 1.29 is 8.78 Å². The van der Waals surface area contributed by atoms with Crippen LogP contribution in [0.2, 0.25) is 0 Å². The van der Waals surface area contributed by atoms with Gasteiger partial charge in [0.05, 0.1) is 11.7 Å². The van der Waals surface area contributed by atoms with Gasteiger partial charge >= 0.3 is 0 Å². The van der Waals surface area contributed by atoms with E-state index in [1.165, 1.54) is 44.8 Å². The standard InChI is InChI=1S/C33H42F2N8/c1-6-41-13-9-33(10-14-41)11-15-42(16-12-33)22(4)24-7-8-29(36-19-24)39-32-37-20-27(35)30(40-32)25-17-26(34)31-28(18-25)43(21(2)3)23(5)38-31/h7-8,17-22H,6,9-16H2,1-5H3,(H,36,37,39,40)/t22-/m0/s1. The van der Waals surface area contributed by atoms with Crippen molar-refractivity contribution in [1.29, 1.82) is 0 Å². The average Bonchev–Trinajstić information content (AvgIpc) is 3.35. The van der Waals surface area contributed by atoms with Crippen LogP contribution in [0.1, 0.15) is 76.8 Å². The van der Waals surface area contributed by atoms with Gasteiger partial charge in [0.1, 0.15) is 22.9 Å². The van der Waals surface area contributed by atoms with Crippen molar-refractivity contribution in [3.05, 3.63) is 59.7 Å². The quantitative estimate of drug-likeness (QED) is 0.248. The molecule has 0 amide bonds. The number of piperidine rings is 2. The maximum atomic E-state index is 15.1. The number of aryl methyl sites for hydroxylation is 1. The molecule has 10 heteroatoms. The molecular weight excluding hydrogens is 546 g/mol. The van der Waals surface area contributed by atoms with E-state index in [2.05, 4.69) is 55.0 Å². The summed E-state index contributed by atoms with van der Waals surface area (Å²) in [6.07, 6.45) is 8.17. The van der Waals surface area contributed by atoms with E-state index in [0.717, 1.165) is 31.4 Å². The fourth-order valence-corrected chi connectivity index (χ4v) is 6.97. The van der Waals surface area contributed by atoms with Crippen LogP contribution >= 0.6 is 0 Å². The second-order valence-corrected chi connectivity index (χ2v) is 12.6. The Morgan fingerprint density at radius 3 is 2.28 bits per heavy atom. The van der Waals surface area contributed by atoms with Gasteiger partial charge in [0.2, 0.25) is 5.95 Å². The number of pyridine rings is 1. The van der Waals surface area contributed by atoms with Gasteiger partial charge in [0, 0.05) is 23.8 Å². The van der Waals surface area contributed by atoms with E-state index in [1.54, 1.807) is 6.07 Å². The SMILES string of the molecule is CCN1CCC2(CC1)CCN([C@@H](C)c1ccc(Nc3ncc(F)c(-c4cc(F)c5nc(C)n(C(C)C)c5c4)n3)nc1)CC2. The highest BCUT2D eigenvalue weighted by molar-refractivity contribution is 5.83. The molecule has 8 nitrogen and oxygen atoms in total. The molecule has 43 heavy (non-hydrogen) atoms. The van der Waals surface area contributed by atoms with Crippen molar-refractivity contribution in [2.75, 3.05) is 38.0 Å². The number of hydrogen-bond donors (Lipinski definition) is 1. The van der Waals surface area contributed by atoms with Crippen LogP contribution in [-0.2, 0) is 0 Å². The summed E-state index contributed by atoms with van der Waals surface area (Å²) in [5.74, 6) is 0.304. The second-order valence-electron chi connectivity index (χ2n) is 12.6. The fraction of sp³-hybridized carbons (Fsp3) is 0.515. The molecule has 1 atom stereocenters. The Hall–Kier alpha value is -3.50. The minimum absolute atomic E-state index is 0.0148. The highest BCUT2D eigenvalue weighted by Gasteiger charge is 2.38. The van der Waals surface area contributed by atoms with Crippen LogP contribution in [0.15, 0.2) is 36.7 Å². The molecule has 0 bridgehead atoms. The number of nitrogens with zero attached hydrogens (tertiary/aromatic N) is 7. The van der Waals surface area contributed by atoms with E-state index < -0.39 is 11.6 Å². The lowest BCUT2D eigenvalue weighted by Gasteiger charge is -2.48. The zero-order chi connectivity index (χ0) is 30.3. The maximum absolute atomic E-state index is 15.1. The summed E-state index contributed by atoms with van der Waals surface area (Å²) >= 11 is 0. The van der Waals surface area contributed by atoms with Gasteiger partial charge in [-0.2, -0.15) is 0 Å². The van der Waals surface area contributed by atoms with E-state index in [-0.39, 0.29) is 29.2 Å². The lowest BCUT2D eigenvalue weighted by molar-refractivity contribution is 0.0236. The van der Waals surface area contributed by atoms with Crippen LogP contribution in [0.5, 0.6) is 0 Å². The topological polar surface area (TPSA) is 75.0 Å². The summed E-state index contributed by atoms with van der Waals surface area (Å²) in [5.41, 5.74) is 2.89. The molecular formula is C33H42F2N8. The molecule has 0 unspecified atom stereocenters. The van der Waals surface area contributed by atoms with Crippen LogP contribution in [0.25, 0.3) is 22.3 Å². The van der Waals surface area contributed by atoms with E-state index in [4.69, 9.17) is 0 Å². The van der Waals surface area contributed by atoms with Gasteiger partial charge in [0.25, 0.3) is 0 Å². The van der Waals surface area contributed by atoms with Crippen LogP contribution in [-0.4, -0.2) is 67.0 Å². The fourth-order valence-electron chi connectivity index (χ4n) is 6.97. The summed E-state index contributed by atoms with van der Waals surface area (Å²) in [4.78, 5) is 22.7. The largest absolute Gasteiger partial charge is 0.326 e. The lowest BCUT2D eigenvalue weighted by Crippen LogP contribution is -2.47. The number of fused-ring (bicyclic) bond motifs is 1. The van der Waals surface area contributed by atoms with Crippen LogP contribution < -0.4 is 5.32 Å². The average molecular weight is 589 g/mol. The molecule has 3 aromatic heterocycles. The Bertz CT molecular complexity index is 1580. The van der Waals surface area contributed by atoms with Crippen molar-refractivity contribution >= 4 is 22.8 Å². The van der Waals surface area contributed by atoms with Crippen molar-refractivity contribution in [3.8, 4) is 11.3 Å². The Morgan fingerprint density at radius 2 is 1.63 bits per heavy atom. The van der Waals surface area contributed by atoms with Gasteiger partial charge < -0.3 is 14.8 Å². The number of imidazole rings is 1. The Labute approximate surface area is 252 Å². The molecule has 0 saturated carbocycles. The minimum Gasteiger partial charge on any atom is -0.326 e. The highest BCUT2D eigenvalue weighted by Crippen LogP contribution is 2.42. The van der Waals surface area contributed by atoms with Crippen molar-refractivity contribution in [2.24, 2.45) is 5.41 Å². The third-order valence-corrected chi connectivity index (χ3v) is 9.74. The van der Waals surface area contributed by atoms with Crippen molar-refractivity contribution in [2.45, 2.75) is 72.4 Å². The van der Waals surface area contributed by atoms with Gasteiger partial charge in [-0.25, -0.2) is 28.7 Å². The van der Waals surface area contributed by atoms with Gasteiger partial charge in [-0.3, -0.25) is 4.90 Å². The zero-order valence-electron chi connectivity index (χ0n) is 25.9. The summed E-state index contributed by atoms with van der Waals surface area (Å²) in [7, 11) is 0. The summed E-state index contributed by atoms with van der Waals surface area (Å²) < 4.78 is 31.9. The summed E-state index contributed by atoms with van der Waals surface area (Å²) in [5, 5.41) is 3.09. The Kier molecular flexibility index (Phi) is 8.17. The number of hydrogen-bond acceptors (Lipinski definition) is 7.